The lowest BCUT2D eigenvalue weighted by Gasteiger charge is -2.01. The Hall–Kier alpha value is -1.15. The number of benzene rings is 2. The molecule has 0 heterocycles. The van der Waals surface area contributed by atoms with Crippen LogP contribution in [0.25, 0.3) is 10.8 Å². The van der Waals surface area contributed by atoms with Gasteiger partial charge in [0.1, 0.15) is 0 Å². The summed E-state index contributed by atoms with van der Waals surface area (Å²) in [6.45, 7) is 0. The Labute approximate surface area is 76.6 Å². The predicted octanol–water partition coefficient (Wildman–Crippen LogP) is 2.71. The highest BCUT2D eigenvalue weighted by Crippen LogP contribution is 2.23. The van der Waals surface area contributed by atoms with E-state index in [-0.39, 0.29) is 0 Å². The zero-order valence-electron chi connectivity index (χ0n) is 6.49. The molecule has 2 aromatic rings. The molecule has 1 nitrogen and oxygen atoms in total. The summed E-state index contributed by atoms with van der Waals surface area (Å²) in [6.07, 6.45) is 0. The van der Waals surface area contributed by atoms with Crippen molar-refractivity contribution >= 4 is 29.1 Å². The number of fused-ring (bicyclic) bond motifs is 1. The molecule has 2 heteroatoms. The normalized spacial score (nSPS) is 10.4. The van der Waals surface area contributed by atoms with Crippen molar-refractivity contribution in [1.29, 1.82) is 0 Å². The highest BCUT2D eigenvalue weighted by Gasteiger charge is 1.96. The Morgan fingerprint density at radius 2 is 1.92 bits per heavy atom. The van der Waals surface area contributed by atoms with Crippen LogP contribution in [0.3, 0.4) is 0 Å². The maximum Gasteiger partial charge on any atom is 0.0394 e. The van der Waals surface area contributed by atoms with Crippen LogP contribution in [-0.4, -0.2) is 0 Å². The summed E-state index contributed by atoms with van der Waals surface area (Å²) < 4.78 is 0. The first kappa shape index (κ1) is 7.50. The number of rotatable bonds is 0. The highest BCUT2D eigenvalue weighted by molar-refractivity contribution is 7.80. The molecular weight excluding hydrogens is 166 g/mol. The van der Waals surface area contributed by atoms with Crippen LogP contribution in [0.4, 0.5) is 5.69 Å². The molecule has 2 N–H and O–H groups in total. The summed E-state index contributed by atoms with van der Waals surface area (Å²) in [5.74, 6) is 0. The molecular formula is C10H9NS. The summed E-state index contributed by atoms with van der Waals surface area (Å²) in [7, 11) is 0. The van der Waals surface area contributed by atoms with Gasteiger partial charge in [-0.3, -0.25) is 0 Å². The Kier molecular flexibility index (Phi) is 1.70. The van der Waals surface area contributed by atoms with E-state index in [1.807, 2.05) is 36.4 Å². The number of anilines is 1. The molecule has 0 atom stereocenters. The third-order valence-electron chi connectivity index (χ3n) is 1.90. The van der Waals surface area contributed by atoms with E-state index in [0.29, 0.717) is 0 Å². The molecule has 2 aromatic carbocycles. The van der Waals surface area contributed by atoms with Crippen LogP contribution in [0.15, 0.2) is 41.3 Å². The van der Waals surface area contributed by atoms with Gasteiger partial charge in [-0.05, 0) is 23.6 Å². The Balaban J connectivity index is 2.88. The topological polar surface area (TPSA) is 26.0 Å². The van der Waals surface area contributed by atoms with Crippen molar-refractivity contribution in [2.24, 2.45) is 0 Å². The van der Waals surface area contributed by atoms with Gasteiger partial charge in [0.25, 0.3) is 0 Å². The fraction of sp³-hybridized carbons (Fsp3) is 0. The molecule has 0 fully saturated rings. The summed E-state index contributed by atoms with van der Waals surface area (Å²) >= 11 is 4.25. The lowest BCUT2D eigenvalue weighted by Crippen LogP contribution is -1.85. The third-order valence-corrected chi connectivity index (χ3v) is 2.18. The first-order valence-electron chi connectivity index (χ1n) is 3.74. The quantitative estimate of drug-likeness (QED) is 0.467. The van der Waals surface area contributed by atoms with E-state index in [9.17, 15) is 0 Å². The molecule has 0 aliphatic rings. The molecule has 0 unspecified atom stereocenters. The second kappa shape index (κ2) is 2.72. The molecule has 12 heavy (non-hydrogen) atoms. The minimum atomic E-state index is 0.809. The summed E-state index contributed by atoms with van der Waals surface area (Å²) in [5, 5.41) is 2.23. The SMILES string of the molecule is Nc1cccc2ccc(S)cc12. The van der Waals surface area contributed by atoms with Gasteiger partial charge < -0.3 is 5.73 Å². The van der Waals surface area contributed by atoms with Crippen LogP contribution >= 0.6 is 12.6 Å². The van der Waals surface area contributed by atoms with E-state index >= 15 is 0 Å². The predicted molar refractivity (Wildman–Crippen MR) is 55.6 cm³/mol. The minimum Gasteiger partial charge on any atom is -0.398 e. The number of hydrogen-bond acceptors (Lipinski definition) is 2. The first-order valence-corrected chi connectivity index (χ1v) is 4.19. The van der Waals surface area contributed by atoms with Gasteiger partial charge in [-0.1, -0.05) is 18.2 Å². The number of hydrogen-bond donors (Lipinski definition) is 2. The van der Waals surface area contributed by atoms with Crippen molar-refractivity contribution in [1.82, 2.24) is 0 Å². The standard InChI is InChI=1S/C10H9NS/c11-10-3-1-2-7-4-5-8(12)6-9(7)10/h1-6,12H,11H2. The van der Waals surface area contributed by atoms with E-state index in [2.05, 4.69) is 12.6 Å². The van der Waals surface area contributed by atoms with Crippen LogP contribution in [0.2, 0.25) is 0 Å². The third kappa shape index (κ3) is 1.14. The van der Waals surface area contributed by atoms with Gasteiger partial charge in [0.05, 0.1) is 0 Å². The van der Waals surface area contributed by atoms with Crippen molar-refractivity contribution in [3.63, 3.8) is 0 Å². The molecule has 0 saturated heterocycles. The highest BCUT2D eigenvalue weighted by atomic mass is 32.1. The smallest absolute Gasteiger partial charge is 0.0394 e. The van der Waals surface area contributed by atoms with Gasteiger partial charge in [0.2, 0.25) is 0 Å². The Morgan fingerprint density at radius 3 is 2.75 bits per heavy atom. The maximum absolute atomic E-state index is 5.79. The van der Waals surface area contributed by atoms with E-state index in [1.54, 1.807) is 0 Å². The van der Waals surface area contributed by atoms with Crippen molar-refractivity contribution in [2.75, 3.05) is 5.73 Å². The van der Waals surface area contributed by atoms with Gasteiger partial charge in [0, 0.05) is 16.0 Å². The van der Waals surface area contributed by atoms with Gasteiger partial charge in [-0.15, -0.1) is 12.6 Å². The largest absolute Gasteiger partial charge is 0.398 e. The maximum atomic E-state index is 5.79. The van der Waals surface area contributed by atoms with Gasteiger partial charge in [-0.2, -0.15) is 0 Å². The number of nitrogens with two attached hydrogens (primary N) is 1. The van der Waals surface area contributed by atoms with E-state index in [0.717, 1.165) is 21.4 Å². The summed E-state index contributed by atoms with van der Waals surface area (Å²) in [5.41, 5.74) is 6.60. The van der Waals surface area contributed by atoms with Gasteiger partial charge in [0.15, 0.2) is 0 Å². The van der Waals surface area contributed by atoms with E-state index < -0.39 is 0 Å². The van der Waals surface area contributed by atoms with Crippen molar-refractivity contribution < 1.29 is 0 Å². The van der Waals surface area contributed by atoms with E-state index in [1.165, 1.54) is 0 Å². The van der Waals surface area contributed by atoms with Crippen LogP contribution in [0, 0.1) is 0 Å². The number of thiol groups is 1. The second-order valence-corrected chi connectivity index (χ2v) is 3.27. The fourth-order valence-electron chi connectivity index (χ4n) is 1.28. The molecule has 0 aliphatic heterocycles. The molecule has 0 aromatic heterocycles. The lowest BCUT2D eigenvalue weighted by atomic mass is 10.1. The second-order valence-electron chi connectivity index (χ2n) is 2.75. The zero-order chi connectivity index (χ0) is 8.55. The van der Waals surface area contributed by atoms with Crippen molar-refractivity contribution in [2.45, 2.75) is 4.90 Å². The fourth-order valence-corrected chi connectivity index (χ4v) is 1.49. The number of nitrogen functional groups attached to an aromatic ring is 1. The Bertz CT molecular complexity index is 423. The van der Waals surface area contributed by atoms with E-state index in [4.69, 9.17) is 5.73 Å². The van der Waals surface area contributed by atoms with Crippen LogP contribution in [-0.2, 0) is 0 Å². The lowest BCUT2D eigenvalue weighted by molar-refractivity contribution is 1.52. The van der Waals surface area contributed by atoms with Gasteiger partial charge >= 0.3 is 0 Å². The molecule has 2 rings (SSSR count). The minimum absolute atomic E-state index is 0.809. The van der Waals surface area contributed by atoms with Crippen LogP contribution in [0.5, 0.6) is 0 Å². The first-order chi connectivity index (χ1) is 5.77. The van der Waals surface area contributed by atoms with Crippen LogP contribution in [0.1, 0.15) is 0 Å². The molecule has 0 saturated carbocycles. The summed E-state index contributed by atoms with van der Waals surface area (Å²) in [6, 6.07) is 11.9. The Morgan fingerprint density at radius 1 is 1.08 bits per heavy atom. The molecule has 0 bridgehead atoms. The molecule has 0 amide bonds. The molecule has 60 valence electrons. The van der Waals surface area contributed by atoms with Crippen molar-refractivity contribution in [3.05, 3.63) is 36.4 Å². The molecule has 0 aliphatic carbocycles. The van der Waals surface area contributed by atoms with Gasteiger partial charge in [-0.25, -0.2) is 0 Å². The average Bonchev–Trinajstić information content (AvgIpc) is 2.07. The summed E-state index contributed by atoms with van der Waals surface area (Å²) in [4.78, 5) is 0.945. The molecule has 0 spiro atoms. The average molecular weight is 175 g/mol. The monoisotopic (exact) mass is 175 g/mol. The van der Waals surface area contributed by atoms with Crippen molar-refractivity contribution in [3.8, 4) is 0 Å². The zero-order valence-corrected chi connectivity index (χ0v) is 7.38. The molecule has 0 radical (unpaired) electrons. The van der Waals surface area contributed by atoms with Crippen LogP contribution < -0.4 is 5.73 Å².